The van der Waals surface area contributed by atoms with Crippen molar-refractivity contribution in [2.24, 2.45) is 0 Å². The number of hydrogen-bond donors (Lipinski definition) is 0. The van der Waals surface area contributed by atoms with Crippen molar-refractivity contribution in [3.63, 3.8) is 0 Å². The summed E-state index contributed by atoms with van der Waals surface area (Å²) in [7, 11) is -2.21. The van der Waals surface area contributed by atoms with E-state index in [0.717, 1.165) is 28.4 Å². The number of hydrogen-bond acceptors (Lipinski definition) is 2. The third-order valence-electron chi connectivity index (χ3n) is 16.6. The minimum atomic E-state index is -2.21. The molecule has 1 aliphatic carbocycles. The molecule has 0 unspecified atom stereocenters. The van der Waals surface area contributed by atoms with E-state index in [4.69, 9.17) is 0 Å². The zero-order chi connectivity index (χ0) is 52.3. The third kappa shape index (κ3) is 7.97. The van der Waals surface area contributed by atoms with Crippen LogP contribution in [0.3, 0.4) is 0 Å². The lowest BCUT2D eigenvalue weighted by Crippen LogP contribution is -2.63. The molecule has 0 saturated heterocycles. The van der Waals surface area contributed by atoms with Gasteiger partial charge in [0, 0.05) is 33.8 Å². The summed E-state index contributed by atoms with van der Waals surface area (Å²) in [5, 5.41) is 5.48. The molecule has 9 aromatic rings. The molecule has 0 bridgehead atoms. The van der Waals surface area contributed by atoms with E-state index in [1.54, 1.807) is 0 Å². The van der Waals surface area contributed by atoms with Gasteiger partial charge in [0.25, 0.3) is 0 Å². The zero-order valence-electron chi connectivity index (χ0n) is 46.4. The minimum absolute atomic E-state index is 0.0230. The lowest BCUT2D eigenvalue weighted by atomic mass is 9.67. The standard InChI is InChI=1S/C71H74N2Si/c1-67(2,3)47-27-35-51(36-28-47)72(52-37-29-48(30-38-52)68(4,5)6)55-43-44-58-61(45-55)71(59-23-17-19-25-64(59)74(13,14)65-26-20-18-24-60(65)71)62-46-63(56-21-15-16-22-57(56)66(58)62)73(53-39-31-49(32-40-53)69(7,8)9)54-41-33-50(34-42-54)70(10,11)12/h15-46H,1-14H3. The maximum Gasteiger partial charge on any atom is 0.113 e. The molecule has 1 heterocycles. The number of nitrogens with zero attached hydrogens (tertiary/aromatic N) is 2. The fourth-order valence-corrected chi connectivity index (χ4v) is 15.6. The highest BCUT2D eigenvalue weighted by atomic mass is 28.3. The highest BCUT2D eigenvalue weighted by Gasteiger charge is 2.54. The Kier molecular flexibility index (Phi) is 11.5. The molecule has 0 atom stereocenters. The highest BCUT2D eigenvalue weighted by Crippen LogP contribution is 2.61. The summed E-state index contributed by atoms with van der Waals surface area (Å²) < 4.78 is 0. The van der Waals surface area contributed by atoms with Crippen molar-refractivity contribution in [2.75, 3.05) is 9.80 Å². The van der Waals surface area contributed by atoms with Gasteiger partial charge in [-0.05, 0) is 160 Å². The van der Waals surface area contributed by atoms with Gasteiger partial charge in [-0.1, -0.05) is 224 Å². The van der Waals surface area contributed by atoms with Gasteiger partial charge in [0.1, 0.15) is 8.07 Å². The molecule has 0 fully saturated rings. The molecule has 0 radical (unpaired) electrons. The highest BCUT2D eigenvalue weighted by molar-refractivity contribution is 7.01. The summed E-state index contributed by atoms with van der Waals surface area (Å²) in [6.07, 6.45) is 0. The van der Waals surface area contributed by atoms with E-state index in [9.17, 15) is 0 Å². The summed E-state index contributed by atoms with van der Waals surface area (Å²) in [6, 6.07) is 75.5. The number of anilines is 6. The molecule has 0 N–H and O–H groups in total. The molecular weight excluding hydrogens is 909 g/mol. The van der Waals surface area contributed by atoms with E-state index in [2.05, 4.69) is 300 Å². The summed E-state index contributed by atoms with van der Waals surface area (Å²) in [5.74, 6) is 0. The lowest BCUT2D eigenvalue weighted by molar-refractivity contribution is 0.590. The molecule has 74 heavy (non-hydrogen) atoms. The number of rotatable bonds is 6. The van der Waals surface area contributed by atoms with Gasteiger partial charge < -0.3 is 9.80 Å². The van der Waals surface area contributed by atoms with E-state index in [0.29, 0.717) is 0 Å². The lowest BCUT2D eigenvalue weighted by Gasteiger charge is -2.46. The molecule has 0 aromatic heterocycles. The second-order valence-corrected chi connectivity index (χ2v) is 30.2. The van der Waals surface area contributed by atoms with E-state index < -0.39 is 13.5 Å². The van der Waals surface area contributed by atoms with Crippen molar-refractivity contribution in [1.82, 2.24) is 0 Å². The molecule has 1 aliphatic heterocycles. The van der Waals surface area contributed by atoms with Gasteiger partial charge in [0.15, 0.2) is 0 Å². The van der Waals surface area contributed by atoms with Crippen LogP contribution in [0.25, 0.3) is 21.9 Å². The van der Waals surface area contributed by atoms with Crippen LogP contribution in [0.2, 0.25) is 13.1 Å². The van der Waals surface area contributed by atoms with Crippen LogP contribution in [0, 0.1) is 0 Å². The van der Waals surface area contributed by atoms with Crippen molar-refractivity contribution in [3.05, 3.63) is 239 Å². The first-order valence-corrected chi connectivity index (χ1v) is 29.9. The molecule has 2 nitrogen and oxygen atoms in total. The second-order valence-electron chi connectivity index (χ2n) is 25.9. The topological polar surface area (TPSA) is 6.48 Å². The Morgan fingerprint density at radius 3 is 1.08 bits per heavy atom. The van der Waals surface area contributed by atoms with Gasteiger partial charge in [0.05, 0.1) is 11.1 Å². The Labute approximate surface area is 443 Å². The van der Waals surface area contributed by atoms with Crippen molar-refractivity contribution in [2.45, 2.75) is 123 Å². The fourth-order valence-electron chi connectivity index (χ4n) is 12.4. The fraction of sp³-hybridized carbons (Fsp3) is 0.268. The van der Waals surface area contributed by atoms with Crippen LogP contribution in [0.5, 0.6) is 0 Å². The first-order valence-electron chi connectivity index (χ1n) is 26.9. The van der Waals surface area contributed by atoms with Crippen LogP contribution in [0.4, 0.5) is 34.1 Å². The Hall–Kier alpha value is -6.94. The molecule has 0 amide bonds. The summed E-state index contributed by atoms with van der Waals surface area (Å²) in [4.78, 5) is 5.02. The molecule has 9 aromatic carbocycles. The Morgan fingerprint density at radius 1 is 0.324 bits per heavy atom. The summed E-state index contributed by atoms with van der Waals surface area (Å²) in [5.41, 5.74) is 19.7. The Balaban J connectivity index is 1.24. The van der Waals surface area contributed by atoms with Gasteiger partial charge in [-0.2, -0.15) is 0 Å². The van der Waals surface area contributed by atoms with Crippen LogP contribution in [-0.4, -0.2) is 8.07 Å². The predicted molar refractivity (Wildman–Crippen MR) is 322 cm³/mol. The second kappa shape index (κ2) is 17.3. The SMILES string of the molecule is CC(C)(C)c1ccc(N(c2ccc(C(C)(C)C)cc2)c2ccc3c(c2)C2(c4ccccc4[Si](C)(C)c4ccccc42)c2cc(N(c4ccc(C(C)(C)C)cc4)c4ccc(C(C)(C)C)cc4)c4ccccc4c2-3)cc1. The van der Waals surface area contributed by atoms with Gasteiger partial charge in [-0.3, -0.25) is 0 Å². The molecule has 1 spiro atoms. The predicted octanol–water partition coefficient (Wildman–Crippen LogP) is 18.5. The van der Waals surface area contributed by atoms with Crippen LogP contribution < -0.4 is 20.2 Å². The van der Waals surface area contributed by atoms with Gasteiger partial charge in [-0.15, -0.1) is 0 Å². The molecule has 2 aliphatic rings. The largest absolute Gasteiger partial charge is 0.310 e. The smallest absolute Gasteiger partial charge is 0.113 e. The molecular formula is C71H74N2Si. The van der Waals surface area contributed by atoms with Crippen LogP contribution >= 0.6 is 0 Å². The van der Waals surface area contributed by atoms with Crippen LogP contribution in [0.1, 0.15) is 128 Å². The van der Waals surface area contributed by atoms with Crippen molar-refractivity contribution in [3.8, 4) is 11.1 Å². The number of benzene rings is 9. The summed E-state index contributed by atoms with van der Waals surface area (Å²) >= 11 is 0. The van der Waals surface area contributed by atoms with E-state index in [-0.39, 0.29) is 21.7 Å². The Bertz CT molecular complexity index is 3420. The minimum Gasteiger partial charge on any atom is -0.310 e. The first kappa shape index (κ1) is 49.3. The maximum absolute atomic E-state index is 2.61. The number of fused-ring (bicyclic) bond motifs is 11. The average molecular weight is 983 g/mol. The molecule has 0 saturated carbocycles. The molecule has 372 valence electrons. The monoisotopic (exact) mass is 983 g/mol. The van der Waals surface area contributed by atoms with Gasteiger partial charge in [-0.25, -0.2) is 0 Å². The zero-order valence-corrected chi connectivity index (χ0v) is 47.4. The molecule has 3 heteroatoms. The van der Waals surface area contributed by atoms with Gasteiger partial charge in [0.2, 0.25) is 0 Å². The van der Waals surface area contributed by atoms with E-state index in [1.807, 2.05) is 0 Å². The van der Waals surface area contributed by atoms with Crippen LogP contribution in [0.15, 0.2) is 194 Å². The van der Waals surface area contributed by atoms with Crippen molar-refractivity contribution in [1.29, 1.82) is 0 Å². The van der Waals surface area contributed by atoms with Crippen molar-refractivity contribution >= 4 is 63.3 Å². The van der Waals surface area contributed by atoms with Crippen LogP contribution in [-0.2, 0) is 27.1 Å². The molecule has 11 rings (SSSR count). The average Bonchev–Trinajstić information content (AvgIpc) is 3.73. The van der Waals surface area contributed by atoms with E-state index >= 15 is 0 Å². The third-order valence-corrected chi connectivity index (χ3v) is 20.1. The first-order chi connectivity index (χ1) is 35.0. The quantitative estimate of drug-likeness (QED) is 0.153. The maximum atomic E-state index is 2.61. The van der Waals surface area contributed by atoms with Crippen molar-refractivity contribution < 1.29 is 0 Å². The van der Waals surface area contributed by atoms with Gasteiger partial charge >= 0.3 is 0 Å². The Morgan fingerprint density at radius 2 is 0.676 bits per heavy atom. The normalized spacial score (nSPS) is 14.6. The summed E-state index contributed by atoms with van der Waals surface area (Å²) in [6.45, 7) is 32.7. The van der Waals surface area contributed by atoms with E-state index in [1.165, 1.54) is 82.5 Å².